The lowest BCUT2D eigenvalue weighted by molar-refractivity contribution is 0.659. The molecular weight excluding hydrogens is 793 g/mol. The van der Waals surface area contributed by atoms with Gasteiger partial charge in [0.25, 0.3) is 0 Å². The normalized spacial score (nSPS) is 15.3. The molecule has 0 aromatic heterocycles. The van der Waals surface area contributed by atoms with E-state index in [4.69, 9.17) is 0 Å². The van der Waals surface area contributed by atoms with Crippen molar-refractivity contribution in [2.75, 3.05) is 0 Å². The van der Waals surface area contributed by atoms with Crippen molar-refractivity contribution in [2.24, 2.45) is 0 Å². The van der Waals surface area contributed by atoms with E-state index in [9.17, 15) is 0 Å². The predicted molar refractivity (Wildman–Crippen MR) is 281 cm³/mol. The van der Waals surface area contributed by atoms with Gasteiger partial charge >= 0.3 is 0 Å². The van der Waals surface area contributed by atoms with Crippen molar-refractivity contribution in [1.29, 1.82) is 0 Å². The number of fused-ring (bicyclic) bond motifs is 11. The smallest absolute Gasteiger partial charge is 0.0159 e. The highest BCUT2D eigenvalue weighted by Gasteiger charge is 2.39. The Morgan fingerprint density at radius 3 is 0.848 bits per heavy atom. The molecule has 3 aliphatic rings. The fraction of sp³-hybridized carbons (Fsp3) is 0.152. The molecule has 13 rings (SSSR count). The van der Waals surface area contributed by atoms with Gasteiger partial charge in [0, 0.05) is 16.2 Å². The second kappa shape index (κ2) is 13.6. The van der Waals surface area contributed by atoms with E-state index >= 15 is 0 Å². The highest BCUT2D eigenvalue weighted by atomic mass is 14.4. The summed E-state index contributed by atoms with van der Waals surface area (Å²) in [7, 11) is 0. The highest BCUT2D eigenvalue weighted by Crippen LogP contribution is 2.54. The van der Waals surface area contributed by atoms with Crippen LogP contribution in [0.1, 0.15) is 80.5 Å². The van der Waals surface area contributed by atoms with Crippen LogP contribution in [0, 0.1) is 6.92 Å². The van der Waals surface area contributed by atoms with Crippen molar-refractivity contribution >= 4 is 21.5 Å². The third-order valence-electron chi connectivity index (χ3n) is 16.1. The number of hydrogen-bond donors (Lipinski definition) is 0. The molecule has 316 valence electrons. The summed E-state index contributed by atoms with van der Waals surface area (Å²) in [5.74, 6) is 0. The summed E-state index contributed by atoms with van der Waals surface area (Å²) in [6.45, 7) is 16.5. The van der Waals surface area contributed by atoms with Crippen LogP contribution >= 0.6 is 0 Å². The van der Waals surface area contributed by atoms with Crippen LogP contribution in [0.3, 0.4) is 0 Å². The molecule has 0 amide bonds. The van der Waals surface area contributed by atoms with Crippen LogP contribution in [0.5, 0.6) is 0 Å². The zero-order valence-corrected chi connectivity index (χ0v) is 38.9. The Hall–Kier alpha value is -7.28. The molecule has 0 spiro atoms. The lowest BCUT2D eigenvalue weighted by Gasteiger charge is -2.24. The van der Waals surface area contributed by atoms with Crippen LogP contribution in [-0.2, 0) is 16.2 Å². The Labute approximate surface area is 389 Å². The molecule has 10 aromatic carbocycles. The first-order chi connectivity index (χ1) is 31.8. The minimum atomic E-state index is -0.140. The standard InChI is InChI=1S/C66H52/c1-39-12-13-41-31-42(15-14-40(41)30-39)43-16-17-45-33-46(19-18-44(45)32-43)47-20-26-54-55-28-23-50(37-61(55)65(4,5)60(54)34-47)51-24-29-57-56-27-22-49(36-62(56)66(6,7)63(57)38-51)48-21-25-53-52-10-8-9-11-58(52)64(2,3)59(53)35-48/h8-38H,1-7H3. The molecule has 10 aromatic rings. The first-order valence-corrected chi connectivity index (χ1v) is 23.7. The first-order valence-electron chi connectivity index (χ1n) is 23.7. The Balaban J connectivity index is 0.786. The maximum atomic E-state index is 2.48. The van der Waals surface area contributed by atoms with Crippen LogP contribution in [0.15, 0.2) is 188 Å². The summed E-state index contributed by atoms with van der Waals surface area (Å²) in [5.41, 5.74) is 27.7. The maximum absolute atomic E-state index is 2.48. The molecule has 0 fully saturated rings. The van der Waals surface area contributed by atoms with Gasteiger partial charge in [-0.25, -0.2) is 0 Å². The largest absolute Gasteiger partial charge is 0.0619 e. The second-order valence-corrected chi connectivity index (χ2v) is 21.1. The van der Waals surface area contributed by atoms with E-state index in [2.05, 4.69) is 237 Å². The minimum absolute atomic E-state index is 0.0214. The summed E-state index contributed by atoms with van der Waals surface area (Å²) < 4.78 is 0. The zero-order chi connectivity index (χ0) is 44.9. The van der Waals surface area contributed by atoms with Crippen LogP contribution in [0.4, 0.5) is 0 Å². The number of rotatable bonds is 4. The molecule has 0 radical (unpaired) electrons. The Kier molecular flexibility index (Phi) is 8.08. The molecular formula is C66H52. The van der Waals surface area contributed by atoms with E-state index in [0.29, 0.717) is 0 Å². The molecule has 0 atom stereocenters. The van der Waals surface area contributed by atoms with Crippen LogP contribution in [0.2, 0.25) is 0 Å². The van der Waals surface area contributed by atoms with E-state index in [1.54, 1.807) is 0 Å². The predicted octanol–water partition coefficient (Wildman–Crippen LogP) is 17.9. The SMILES string of the molecule is Cc1ccc2cc(-c3ccc4cc(-c5ccc6c(c5)C(C)(C)c5cc(-c7ccc8c(c7)C(C)(C)c7cc(-c9ccc%10c(c9)C(C)(C)c9ccccc9-%10)ccc7-8)ccc5-6)ccc4c3)ccc2c1. The summed E-state index contributed by atoms with van der Waals surface area (Å²) in [4.78, 5) is 0. The fourth-order valence-electron chi connectivity index (χ4n) is 12.2. The number of hydrogen-bond acceptors (Lipinski definition) is 0. The molecule has 0 N–H and O–H groups in total. The molecule has 0 saturated carbocycles. The van der Waals surface area contributed by atoms with Crippen molar-refractivity contribution in [2.45, 2.75) is 64.7 Å². The topological polar surface area (TPSA) is 0 Å². The third kappa shape index (κ3) is 5.64. The fourth-order valence-corrected chi connectivity index (χ4v) is 12.2. The Bertz CT molecular complexity index is 3740. The van der Waals surface area contributed by atoms with Gasteiger partial charge in [0.05, 0.1) is 0 Å². The molecule has 66 heavy (non-hydrogen) atoms. The lowest BCUT2D eigenvalue weighted by Crippen LogP contribution is -2.16. The zero-order valence-electron chi connectivity index (χ0n) is 38.9. The molecule has 0 heterocycles. The van der Waals surface area contributed by atoms with Crippen LogP contribution in [-0.4, -0.2) is 0 Å². The third-order valence-corrected chi connectivity index (χ3v) is 16.1. The van der Waals surface area contributed by atoms with E-state index in [1.165, 1.54) is 138 Å². The average molecular weight is 845 g/mol. The molecule has 0 nitrogen and oxygen atoms in total. The summed E-state index contributed by atoms with van der Waals surface area (Å²) >= 11 is 0. The van der Waals surface area contributed by atoms with Crippen molar-refractivity contribution in [3.8, 4) is 77.9 Å². The summed E-state index contributed by atoms with van der Waals surface area (Å²) in [6.07, 6.45) is 0. The second-order valence-electron chi connectivity index (χ2n) is 21.1. The van der Waals surface area contributed by atoms with Crippen LogP contribution < -0.4 is 0 Å². The maximum Gasteiger partial charge on any atom is 0.0159 e. The number of benzene rings is 10. The van der Waals surface area contributed by atoms with Gasteiger partial charge in [-0.15, -0.1) is 0 Å². The van der Waals surface area contributed by atoms with Gasteiger partial charge in [-0.1, -0.05) is 187 Å². The monoisotopic (exact) mass is 844 g/mol. The van der Waals surface area contributed by atoms with Gasteiger partial charge in [0.1, 0.15) is 0 Å². The molecule has 0 unspecified atom stereocenters. The average Bonchev–Trinajstić information content (AvgIpc) is 3.81. The van der Waals surface area contributed by atoms with Gasteiger partial charge < -0.3 is 0 Å². The van der Waals surface area contributed by atoms with Crippen LogP contribution in [0.25, 0.3) is 99.4 Å². The Morgan fingerprint density at radius 2 is 0.485 bits per heavy atom. The van der Waals surface area contributed by atoms with E-state index in [-0.39, 0.29) is 16.2 Å². The summed E-state index contributed by atoms with van der Waals surface area (Å²) in [6, 6.07) is 72.1. The van der Waals surface area contributed by atoms with Crippen molar-refractivity contribution in [3.05, 3.63) is 227 Å². The van der Waals surface area contributed by atoms with Crippen molar-refractivity contribution < 1.29 is 0 Å². The highest BCUT2D eigenvalue weighted by molar-refractivity contribution is 5.95. The van der Waals surface area contributed by atoms with Gasteiger partial charge in [-0.2, -0.15) is 0 Å². The molecule has 3 aliphatic carbocycles. The quantitative estimate of drug-likeness (QED) is 0.166. The van der Waals surface area contributed by atoms with Gasteiger partial charge in [-0.05, 0) is 188 Å². The van der Waals surface area contributed by atoms with Gasteiger partial charge in [-0.3, -0.25) is 0 Å². The molecule has 0 aliphatic heterocycles. The van der Waals surface area contributed by atoms with E-state index in [0.717, 1.165) is 0 Å². The first kappa shape index (κ1) is 39.1. The van der Waals surface area contributed by atoms with Crippen molar-refractivity contribution in [1.82, 2.24) is 0 Å². The molecule has 0 heteroatoms. The van der Waals surface area contributed by atoms with Gasteiger partial charge in [0.15, 0.2) is 0 Å². The van der Waals surface area contributed by atoms with Gasteiger partial charge in [0.2, 0.25) is 0 Å². The molecule has 0 saturated heterocycles. The minimum Gasteiger partial charge on any atom is -0.0619 e. The lowest BCUT2D eigenvalue weighted by atomic mass is 9.79. The van der Waals surface area contributed by atoms with E-state index < -0.39 is 0 Å². The summed E-state index contributed by atoms with van der Waals surface area (Å²) in [5, 5.41) is 5.09. The van der Waals surface area contributed by atoms with Crippen molar-refractivity contribution in [3.63, 3.8) is 0 Å². The van der Waals surface area contributed by atoms with E-state index in [1.807, 2.05) is 0 Å². The molecule has 0 bridgehead atoms. The Morgan fingerprint density at radius 1 is 0.227 bits per heavy atom. The number of aryl methyl sites for hydroxylation is 1.